The Morgan fingerprint density at radius 2 is 2.00 bits per heavy atom. The number of ketones is 1. The minimum Gasteiger partial charge on any atom is -0.507 e. The number of ether oxygens (including phenoxy) is 1. The van der Waals surface area contributed by atoms with Crippen molar-refractivity contribution in [2.45, 2.75) is 33.4 Å². The summed E-state index contributed by atoms with van der Waals surface area (Å²) in [5.74, 6) is -0.778. The molecular weight excluding hydrogens is 424 g/mol. The van der Waals surface area contributed by atoms with E-state index < -0.39 is 17.7 Å². The van der Waals surface area contributed by atoms with E-state index in [2.05, 4.69) is 4.98 Å². The number of nitrogens with zero attached hydrogens (tertiary/aromatic N) is 2. The number of amides is 1. The third-order valence-corrected chi connectivity index (χ3v) is 6.59. The molecule has 6 nitrogen and oxygen atoms in total. The summed E-state index contributed by atoms with van der Waals surface area (Å²) in [7, 11) is 0. The Morgan fingerprint density at radius 1 is 1.19 bits per heavy atom. The fourth-order valence-corrected chi connectivity index (χ4v) is 4.98. The van der Waals surface area contributed by atoms with Crippen molar-refractivity contribution < 1.29 is 19.4 Å². The molecule has 1 aliphatic heterocycles. The molecule has 1 amide bonds. The number of carbonyl (C=O) groups excluding carboxylic acids is 2. The van der Waals surface area contributed by atoms with Gasteiger partial charge >= 0.3 is 0 Å². The smallest absolute Gasteiger partial charge is 0.295 e. The van der Waals surface area contributed by atoms with Crippen molar-refractivity contribution in [3.8, 4) is 5.75 Å². The number of benzene rings is 1. The van der Waals surface area contributed by atoms with E-state index in [0.29, 0.717) is 17.9 Å². The van der Waals surface area contributed by atoms with Crippen LogP contribution >= 0.6 is 11.3 Å². The molecule has 0 radical (unpaired) electrons. The van der Waals surface area contributed by atoms with Crippen molar-refractivity contribution in [1.29, 1.82) is 0 Å². The molecule has 32 heavy (non-hydrogen) atoms. The topological polar surface area (TPSA) is 79.7 Å². The van der Waals surface area contributed by atoms with Crippen LogP contribution in [0.5, 0.6) is 5.75 Å². The maximum Gasteiger partial charge on any atom is 0.295 e. The maximum atomic E-state index is 13.1. The minimum atomic E-state index is -0.685. The van der Waals surface area contributed by atoms with Crippen LogP contribution in [0.4, 0.5) is 0 Å². The van der Waals surface area contributed by atoms with Crippen molar-refractivity contribution in [1.82, 2.24) is 9.88 Å². The highest BCUT2D eigenvalue weighted by Crippen LogP contribution is 2.43. The van der Waals surface area contributed by atoms with Gasteiger partial charge in [-0.25, -0.2) is 0 Å². The molecular formula is C25H24N2O4S. The number of Topliss-reactive ketones (excluding diaryl/α,β-unsaturated/α-hetero) is 1. The van der Waals surface area contributed by atoms with Gasteiger partial charge in [-0.1, -0.05) is 6.07 Å². The quantitative estimate of drug-likeness (QED) is 0.333. The summed E-state index contributed by atoms with van der Waals surface area (Å²) >= 11 is 1.47. The van der Waals surface area contributed by atoms with E-state index in [9.17, 15) is 14.7 Å². The molecule has 1 fully saturated rings. The van der Waals surface area contributed by atoms with Gasteiger partial charge in [0.1, 0.15) is 17.6 Å². The molecule has 0 saturated carbocycles. The van der Waals surface area contributed by atoms with Gasteiger partial charge in [-0.15, -0.1) is 11.3 Å². The van der Waals surface area contributed by atoms with Gasteiger partial charge in [-0.3, -0.25) is 14.6 Å². The maximum absolute atomic E-state index is 13.1. The van der Waals surface area contributed by atoms with Crippen LogP contribution in [0.2, 0.25) is 0 Å². The Balaban J connectivity index is 1.84. The Morgan fingerprint density at radius 3 is 2.62 bits per heavy atom. The molecule has 7 heteroatoms. The van der Waals surface area contributed by atoms with E-state index in [1.807, 2.05) is 38.3 Å². The zero-order valence-corrected chi connectivity index (χ0v) is 19.0. The largest absolute Gasteiger partial charge is 0.507 e. The normalized spacial score (nSPS) is 17.7. The van der Waals surface area contributed by atoms with Gasteiger partial charge in [0.15, 0.2) is 0 Å². The molecule has 1 N–H and O–H groups in total. The molecule has 4 rings (SSSR count). The molecule has 164 valence electrons. The second kappa shape index (κ2) is 8.96. The number of carbonyl (C=O) groups is 2. The van der Waals surface area contributed by atoms with E-state index in [-0.39, 0.29) is 17.9 Å². The lowest BCUT2D eigenvalue weighted by atomic mass is 9.97. The van der Waals surface area contributed by atoms with Crippen molar-refractivity contribution in [3.05, 3.63) is 86.9 Å². The molecule has 0 bridgehead atoms. The van der Waals surface area contributed by atoms with Gasteiger partial charge in [0, 0.05) is 29.4 Å². The van der Waals surface area contributed by atoms with Gasteiger partial charge < -0.3 is 14.7 Å². The van der Waals surface area contributed by atoms with Gasteiger partial charge in [0.25, 0.3) is 11.7 Å². The standard InChI is InChI=1S/C25H24N2O4S/c1-4-31-19-8-7-18(12-16(19)3)22(28)20-21(24-15(2)9-11-32-24)27(25(30)23(20)29)14-17-6-5-10-26-13-17/h5-13,21,28H,4,14H2,1-3H3/b22-20-. The first-order valence-corrected chi connectivity index (χ1v) is 11.3. The fraction of sp³-hybridized carbons (Fsp3) is 0.240. The van der Waals surface area contributed by atoms with E-state index >= 15 is 0 Å². The van der Waals surface area contributed by atoms with Crippen LogP contribution in [0.3, 0.4) is 0 Å². The Kier molecular flexibility index (Phi) is 6.10. The number of aliphatic hydroxyl groups is 1. The zero-order valence-electron chi connectivity index (χ0n) is 18.2. The number of hydrogen-bond acceptors (Lipinski definition) is 6. The summed E-state index contributed by atoms with van der Waals surface area (Å²) in [5.41, 5.74) is 3.19. The van der Waals surface area contributed by atoms with Gasteiger partial charge in [0.2, 0.25) is 0 Å². The molecule has 3 heterocycles. The Hall–Kier alpha value is -3.45. The number of aromatic nitrogens is 1. The summed E-state index contributed by atoms with van der Waals surface area (Å²) in [6.45, 7) is 6.48. The van der Waals surface area contributed by atoms with E-state index in [1.54, 1.807) is 36.7 Å². The first kappa shape index (κ1) is 21.8. The summed E-state index contributed by atoms with van der Waals surface area (Å²) in [6.07, 6.45) is 3.33. The van der Waals surface area contributed by atoms with Crippen molar-refractivity contribution >= 4 is 28.8 Å². The number of rotatable bonds is 6. The molecule has 1 aromatic carbocycles. The molecule has 1 saturated heterocycles. The molecule has 2 aromatic heterocycles. The van der Waals surface area contributed by atoms with Crippen molar-refractivity contribution in [3.63, 3.8) is 0 Å². The number of thiophene rings is 1. The van der Waals surface area contributed by atoms with Crippen LogP contribution in [0.15, 0.2) is 59.7 Å². The van der Waals surface area contributed by atoms with E-state index in [4.69, 9.17) is 4.74 Å². The highest BCUT2D eigenvalue weighted by Gasteiger charge is 2.47. The third kappa shape index (κ3) is 3.91. The van der Waals surface area contributed by atoms with Gasteiger partial charge in [-0.05, 0) is 73.2 Å². The van der Waals surface area contributed by atoms with Crippen molar-refractivity contribution in [2.24, 2.45) is 0 Å². The summed E-state index contributed by atoms with van der Waals surface area (Å²) in [6, 6.07) is 10.2. The Labute approximate surface area is 190 Å². The highest BCUT2D eigenvalue weighted by molar-refractivity contribution is 7.10. The zero-order chi connectivity index (χ0) is 22.8. The van der Waals surface area contributed by atoms with Crippen LogP contribution in [-0.4, -0.2) is 33.3 Å². The highest BCUT2D eigenvalue weighted by atomic mass is 32.1. The third-order valence-electron chi connectivity index (χ3n) is 5.51. The number of hydrogen-bond donors (Lipinski definition) is 1. The molecule has 0 aliphatic carbocycles. The average molecular weight is 449 g/mol. The van der Waals surface area contributed by atoms with Crippen molar-refractivity contribution in [2.75, 3.05) is 6.61 Å². The summed E-state index contributed by atoms with van der Waals surface area (Å²) in [5, 5.41) is 13.2. The lowest BCUT2D eigenvalue weighted by Crippen LogP contribution is -2.29. The van der Waals surface area contributed by atoms with Crippen LogP contribution in [0.1, 0.15) is 40.1 Å². The molecule has 1 aliphatic rings. The van der Waals surface area contributed by atoms with E-state index in [1.165, 1.54) is 16.2 Å². The molecule has 0 spiro atoms. The van der Waals surface area contributed by atoms with Crippen LogP contribution in [0.25, 0.3) is 5.76 Å². The van der Waals surface area contributed by atoms with Gasteiger partial charge in [-0.2, -0.15) is 0 Å². The SMILES string of the molecule is CCOc1ccc(/C(O)=C2/C(=O)C(=O)N(Cc3cccnc3)C2c2sccc2C)cc1C. The number of pyridine rings is 1. The van der Waals surface area contributed by atoms with Gasteiger partial charge in [0.05, 0.1) is 12.2 Å². The van der Waals surface area contributed by atoms with Crippen LogP contribution in [0, 0.1) is 13.8 Å². The minimum absolute atomic E-state index is 0.105. The molecule has 1 atom stereocenters. The predicted octanol–water partition coefficient (Wildman–Crippen LogP) is 4.78. The second-order valence-corrected chi connectivity index (χ2v) is 8.62. The number of aliphatic hydroxyl groups excluding tert-OH is 1. The number of likely N-dealkylation sites (tertiary alicyclic amines) is 1. The van der Waals surface area contributed by atoms with Crippen LogP contribution < -0.4 is 4.74 Å². The summed E-state index contributed by atoms with van der Waals surface area (Å²) < 4.78 is 5.58. The first-order chi connectivity index (χ1) is 15.4. The Bertz CT molecular complexity index is 1200. The molecule has 1 unspecified atom stereocenters. The molecule has 3 aromatic rings. The first-order valence-electron chi connectivity index (χ1n) is 10.4. The second-order valence-electron chi connectivity index (χ2n) is 7.67. The number of aryl methyl sites for hydroxylation is 2. The fourth-order valence-electron chi connectivity index (χ4n) is 3.94. The monoisotopic (exact) mass is 448 g/mol. The lowest BCUT2D eigenvalue weighted by molar-refractivity contribution is -0.140. The lowest BCUT2D eigenvalue weighted by Gasteiger charge is -2.25. The predicted molar refractivity (Wildman–Crippen MR) is 123 cm³/mol. The van der Waals surface area contributed by atoms with Crippen LogP contribution in [-0.2, 0) is 16.1 Å². The van der Waals surface area contributed by atoms with E-state index in [0.717, 1.165) is 21.6 Å². The average Bonchev–Trinajstić information content (AvgIpc) is 3.31. The summed E-state index contributed by atoms with van der Waals surface area (Å²) in [4.78, 5) is 32.7.